The summed E-state index contributed by atoms with van der Waals surface area (Å²) in [4.78, 5) is 22.7. The molecule has 1 aromatic carbocycles. The number of likely N-dealkylation sites (tertiary alicyclic amines) is 1. The number of aromatic nitrogens is 2. The van der Waals surface area contributed by atoms with E-state index in [4.69, 9.17) is 25.8 Å². The van der Waals surface area contributed by atoms with E-state index in [0.717, 1.165) is 12.8 Å². The molecule has 0 spiro atoms. The zero-order valence-electron chi connectivity index (χ0n) is 14.6. The molecule has 1 aliphatic rings. The van der Waals surface area contributed by atoms with Gasteiger partial charge in [-0.05, 0) is 25.0 Å². The van der Waals surface area contributed by atoms with Crippen molar-refractivity contribution in [2.75, 3.05) is 27.3 Å². The number of amides is 1. The third kappa shape index (κ3) is 4.35. The van der Waals surface area contributed by atoms with Crippen molar-refractivity contribution in [2.24, 2.45) is 0 Å². The average Bonchev–Trinajstić information content (AvgIpc) is 2.69. The van der Waals surface area contributed by atoms with E-state index in [9.17, 15) is 4.79 Å². The van der Waals surface area contributed by atoms with Gasteiger partial charge in [0.2, 0.25) is 0 Å². The smallest absolute Gasteiger partial charge is 0.316 e. The molecule has 1 amide bonds. The van der Waals surface area contributed by atoms with Gasteiger partial charge >= 0.3 is 6.01 Å². The fraction of sp³-hybridized carbons (Fsp3) is 0.389. The summed E-state index contributed by atoms with van der Waals surface area (Å²) in [5.41, 5.74) is 0.518. The van der Waals surface area contributed by atoms with Gasteiger partial charge in [-0.3, -0.25) is 4.79 Å². The SMILES string of the molecule is COc1cc(OC)cc(C(=O)N2CCCC(Oc3ncc(Cl)cn3)C2)c1. The highest BCUT2D eigenvalue weighted by molar-refractivity contribution is 6.30. The van der Waals surface area contributed by atoms with Crippen LogP contribution >= 0.6 is 11.6 Å². The maximum absolute atomic E-state index is 12.9. The van der Waals surface area contributed by atoms with E-state index in [0.29, 0.717) is 35.2 Å². The fourth-order valence-corrected chi connectivity index (χ4v) is 2.94. The van der Waals surface area contributed by atoms with Gasteiger partial charge in [0.15, 0.2) is 0 Å². The van der Waals surface area contributed by atoms with Crippen molar-refractivity contribution in [2.45, 2.75) is 18.9 Å². The summed E-state index contributed by atoms with van der Waals surface area (Å²) in [6, 6.07) is 5.41. The van der Waals surface area contributed by atoms with Crippen molar-refractivity contribution in [3.8, 4) is 17.5 Å². The Hall–Kier alpha value is -2.54. The Bertz CT molecular complexity index is 747. The molecule has 1 unspecified atom stereocenters. The molecule has 1 aromatic heterocycles. The number of piperidine rings is 1. The predicted octanol–water partition coefficient (Wildman–Crippen LogP) is 2.83. The first kappa shape index (κ1) is 18.3. The summed E-state index contributed by atoms with van der Waals surface area (Å²) in [5.74, 6) is 1.06. The molecule has 0 bridgehead atoms. The molecule has 0 saturated carbocycles. The zero-order valence-corrected chi connectivity index (χ0v) is 15.4. The van der Waals surface area contributed by atoms with Gasteiger partial charge in [0.25, 0.3) is 5.91 Å². The number of ether oxygens (including phenoxy) is 3. The number of nitrogens with zero attached hydrogens (tertiary/aromatic N) is 3. The minimum Gasteiger partial charge on any atom is -0.497 e. The highest BCUT2D eigenvalue weighted by Crippen LogP contribution is 2.25. The molecule has 7 nitrogen and oxygen atoms in total. The molecule has 0 radical (unpaired) electrons. The molecule has 138 valence electrons. The van der Waals surface area contributed by atoms with Crippen molar-refractivity contribution in [3.05, 3.63) is 41.2 Å². The summed E-state index contributed by atoms with van der Waals surface area (Å²) in [6.07, 6.45) is 4.47. The minimum absolute atomic E-state index is 0.0903. The molecule has 1 aliphatic heterocycles. The molecule has 1 saturated heterocycles. The highest BCUT2D eigenvalue weighted by atomic mass is 35.5. The molecule has 1 fully saturated rings. The lowest BCUT2D eigenvalue weighted by Gasteiger charge is -2.32. The third-order valence-corrected chi connectivity index (χ3v) is 4.33. The Kier molecular flexibility index (Phi) is 5.78. The number of hydrogen-bond donors (Lipinski definition) is 0. The van der Waals surface area contributed by atoms with Crippen molar-refractivity contribution in [3.63, 3.8) is 0 Å². The second kappa shape index (κ2) is 8.23. The number of benzene rings is 1. The monoisotopic (exact) mass is 377 g/mol. The second-order valence-corrected chi connectivity index (χ2v) is 6.35. The topological polar surface area (TPSA) is 73.8 Å². The largest absolute Gasteiger partial charge is 0.497 e. The van der Waals surface area contributed by atoms with Crippen LogP contribution in [0.25, 0.3) is 0 Å². The van der Waals surface area contributed by atoms with Gasteiger partial charge in [-0.15, -0.1) is 0 Å². The van der Waals surface area contributed by atoms with Crippen LogP contribution in [0, 0.1) is 0 Å². The molecule has 1 atom stereocenters. The first-order chi connectivity index (χ1) is 12.6. The standard InChI is InChI=1S/C18H20ClN3O4/c1-24-15-6-12(7-16(8-15)25-2)17(23)22-5-3-4-14(11-22)26-18-20-9-13(19)10-21-18/h6-10,14H,3-5,11H2,1-2H3. The Morgan fingerprint density at radius 1 is 1.15 bits per heavy atom. The molecule has 2 aromatic rings. The van der Waals surface area contributed by atoms with E-state index in [2.05, 4.69) is 9.97 Å². The first-order valence-corrected chi connectivity index (χ1v) is 8.63. The Morgan fingerprint density at radius 3 is 2.42 bits per heavy atom. The van der Waals surface area contributed by atoms with Crippen LogP contribution in [0.2, 0.25) is 5.02 Å². The van der Waals surface area contributed by atoms with Crippen LogP contribution in [0.5, 0.6) is 17.5 Å². The Balaban J connectivity index is 1.70. The Labute approximate surface area is 156 Å². The molecule has 8 heteroatoms. The van der Waals surface area contributed by atoms with Crippen molar-refractivity contribution in [1.29, 1.82) is 0 Å². The van der Waals surface area contributed by atoms with E-state index in [1.54, 1.807) is 37.3 Å². The zero-order chi connectivity index (χ0) is 18.5. The molecule has 2 heterocycles. The quantitative estimate of drug-likeness (QED) is 0.797. The summed E-state index contributed by atoms with van der Waals surface area (Å²) in [5, 5.41) is 0.449. The number of halogens is 1. The highest BCUT2D eigenvalue weighted by Gasteiger charge is 2.27. The van der Waals surface area contributed by atoms with E-state index in [-0.39, 0.29) is 18.0 Å². The van der Waals surface area contributed by atoms with E-state index < -0.39 is 0 Å². The lowest BCUT2D eigenvalue weighted by atomic mass is 10.1. The molecule has 0 N–H and O–H groups in total. The molecule has 3 rings (SSSR count). The maximum Gasteiger partial charge on any atom is 0.316 e. The van der Waals surface area contributed by atoms with Crippen LogP contribution in [-0.4, -0.2) is 54.2 Å². The molecule has 0 aliphatic carbocycles. The van der Waals surface area contributed by atoms with Crippen LogP contribution in [0.3, 0.4) is 0 Å². The summed E-state index contributed by atoms with van der Waals surface area (Å²) in [7, 11) is 3.11. The minimum atomic E-state index is -0.165. The van der Waals surface area contributed by atoms with Crippen molar-refractivity contribution >= 4 is 17.5 Å². The van der Waals surface area contributed by atoms with Gasteiger partial charge < -0.3 is 19.1 Å². The van der Waals surface area contributed by atoms with Crippen LogP contribution in [0.1, 0.15) is 23.2 Å². The van der Waals surface area contributed by atoms with Crippen molar-refractivity contribution < 1.29 is 19.0 Å². The van der Waals surface area contributed by atoms with E-state index in [1.165, 1.54) is 12.4 Å². The van der Waals surface area contributed by atoms with Crippen LogP contribution in [-0.2, 0) is 0 Å². The summed E-state index contributed by atoms with van der Waals surface area (Å²) in [6.45, 7) is 1.13. The van der Waals surface area contributed by atoms with Gasteiger partial charge in [-0.25, -0.2) is 9.97 Å². The summed E-state index contributed by atoms with van der Waals surface area (Å²) < 4.78 is 16.3. The Morgan fingerprint density at radius 2 is 1.81 bits per heavy atom. The predicted molar refractivity (Wildman–Crippen MR) is 96.1 cm³/mol. The van der Waals surface area contributed by atoms with E-state index in [1.807, 2.05) is 0 Å². The molecular weight excluding hydrogens is 358 g/mol. The lowest BCUT2D eigenvalue weighted by molar-refractivity contribution is 0.0515. The van der Waals surface area contributed by atoms with Crippen LogP contribution < -0.4 is 14.2 Å². The molecular formula is C18H20ClN3O4. The molecule has 26 heavy (non-hydrogen) atoms. The summed E-state index contributed by atoms with van der Waals surface area (Å²) >= 11 is 5.78. The fourth-order valence-electron chi connectivity index (χ4n) is 2.84. The number of hydrogen-bond acceptors (Lipinski definition) is 6. The van der Waals surface area contributed by atoms with Gasteiger partial charge in [0, 0.05) is 18.2 Å². The van der Waals surface area contributed by atoms with Gasteiger partial charge in [-0.2, -0.15) is 0 Å². The third-order valence-electron chi connectivity index (χ3n) is 4.13. The lowest BCUT2D eigenvalue weighted by Crippen LogP contribution is -2.44. The second-order valence-electron chi connectivity index (χ2n) is 5.92. The average molecular weight is 378 g/mol. The number of methoxy groups -OCH3 is 2. The van der Waals surface area contributed by atoms with E-state index >= 15 is 0 Å². The normalized spacial score (nSPS) is 16.9. The maximum atomic E-state index is 12.9. The van der Waals surface area contributed by atoms with Crippen molar-refractivity contribution in [1.82, 2.24) is 14.9 Å². The van der Waals surface area contributed by atoms with Crippen LogP contribution in [0.15, 0.2) is 30.6 Å². The number of carbonyl (C=O) groups excluding carboxylic acids is 1. The van der Waals surface area contributed by atoms with Crippen LogP contribution in [0.4, 0.5) is 0 Å². The number of carbonyl (C=O) groups is 1. The van der Waals surface area contributed by atoms with Gasteiger partial charge in [0.05, 0.1) is 38.2 Å². The number of rotatable bonds is 5. The van der Waals surface area contributed by atoms with Gasteiger partial charge in [-0.1, -0.05) is 11.6 Å². The first-order valence-electron chi connectivity index (χ1n) is 8.25. The van der Waals surface area contributed by atoms with Gasteiger partial charge in [0.1, 0.15) is 17.6 Å².